The number of unbranched alkanes of at least 4 members (excludes halogenated alkanes) is 1. The quantitative estimate of drug-likeness (QED) is 0.819. The third-order valence-corrected chi connectivity index (χ3v) is 2.31. The highest BCUT2D eigenvalue weighted by atomic mass is 16.5. The summed E-state index contributed by atoms with van der Waals surface area (Å²) < 4.78 is 4.45. The molecule has 0 aromatic heterocycles. The van der Waals surface area contributed by atoms with Gasteiger partial charge in [-0.15, -0.1) is 0 Å². The summed E-state index contributed by atoms with van der Waals surface area (Å²) in [5.74, 6) is -0.312. The molecule has 17 heavy (non-hydrogen) atoms. The second-order valence-corrected chi connectivity index (χ2v) is 3.93. The van der Waals surface area contributed by atoms with Gasteiger partial charge in [-0.05, 0) is 13.3 Å². The van der Waals surface area contributed by atoms with Crippen LogP contribution in [0.5, 0.6) is 0 Å². The minimum absolute atomic E-state index is 0.312. The number of aryl methyl sites for hydroxylation is 1. The molecule has 1 rings (SSSR count). The number of ether oxygens (including phenoxy) is 1. The van der Waals surface area contributed by atoms with Crippen molar-refractivity contribution in [3.05, 3.63) is 35.9 Å². The first-order valence-corrected chi connectivity index (χ1v) is 5.96. The summed E-state index contributed by atoms with van der Waals surface area (Å²) in [7, 11) is 1.36. The summed E-state index contributed by atoms with van der Waals surface area (Å²) in [5.41, 5.74) is 6.76. The minimum atomic E-state index is -0.426. The standard InChI is InChI=1S/C7H15NO2.C7H8/c1-3-4-5-6(8)7(9)10-2;1-7-5-3-2-4-6-7/h6H,3-5,8H2,1-2H3;2-6H,1H3. The lowest BCUT2D eigenvalue weighted by atomic mass is 10.1. The third kappa shape index (κ3) is 8.46. The Kier molecular flexibility index (Phi) is 9.06. The number of rotatable bonds is 4. The number of carbonyl (C=O) groups excluding carboxylic acids is 1. The fourth-order valence-corrected chi connectivity index (χ4v) is 1.23. The van der Waals surface area contributed by atoms with Crippen LogP contribution in [0.25, 0.3) is 0 Å². The molecular weight excluding hydrogens is 214 g/mol. The minimum Gasteiger partial charge on any atom is -0.468 e. The van der Waals surface area contributed by atoms with E-state index in [-0.39, 0.29) is 5.97 Å². The zero-order valence-electron chi connectivity index (χ0n) is 11.0. The molecule has 2 N–H and O–H groups in total. The third-order valence-electron chi connectivity index (χ3n) is 2.31. The SMILES string of the molecule is CCCCC(N)C(=O)OC.Cc1ccccc1. The Morgan fingerprint density at radius 3 is 2.29 bits per heavy atom. The van der Waals surface area contributed by atoms with Crippen molar-refractivity contribution in [2.24, 2.45) is 5.73 Å². The van der Waals surface area contributed by atoms with E-state index in [1.165, 1.54) is 12.7 Å². The van der Waals surface area contributed by atoms with Gasteiger partial charge >= 0.3 is 5.97 Å². The summed E-state index contributed by atoms with van der Waals surface area (Å²) >= 11 is 0. The number of nitrogens with two attached hydrogens (primary N) is 1. The largest absolute Gasteiger partial charge is 0.468 e. The van der Waals surface area contributed by atoms with Crippen molar-refractivity contribution in [1.29, 1.82) is 0 Å². The zero-order valence-corrected chi connectivity index (χ0v) is 11.0. The van der Waals surface area contributed by atoms with E-state index in [1.807, 2.05) is 18.2 Å². The van der Waals surface area contributed by atoms with Crippen LogP contribution in [-0.2, 0) is 9.53 Å². The normalized spacial score (nSPS) is 11.1. The van der Waals surface area contributed by atoms with Gasteiger partial charge in [-0.1, -0.05) is 55.7 Å². The van der Waals surface area contributed by atoms with Gasteiger partial charge in [0.15, 0.2) is 0 Å². The van der Waals surface area contributed by atoms with Gasteiger partial charge < -0.3 is 10.5 Å². The summed E-state index contributed by atoms with van der Waals surface area (Å²) in [5, 5.41) is 0. The number of benzene rings is 1. The molecule has 0 aliphatic rings. The van der Waals surface area contributed by atoms with E-state index in [1.54, 1.807) is 0 Å². The highest BCUT2D eigenvalue weighted by Crippen LogP contribution is 1.98. The smallest absolute Gasteiger partial charge is 0.322 e. The summed E-state index contributed by atoms with van der Waals surface area (Å²) in [6.07, 6.45) is 2.77. The van der Waals surface area contributed by atoms with Crippen LogP contribution in [0.2, 0.25) is 0 Å². The lowest BCUT2D eigenvalue weighted by molar-refractivity contribution is -0.142. The number of carbonyl (C=O) groups is 1. The van der Waals surface area contributed by atoms with E-state index in [0.717, 1.165) is 19.3 Å². The van der Waals surface area contributed by atoms with E-state index in [4.69, 9.17) is 5.73 Å². The fraction of sp³-hybridized carbons (Fsp3) is 0.500. The number of hydrogen-bond donors (Lipinski definition) is 1. The van der Waals surface area contributed by atoms with Crippen LogP contribution in [0.1, 0.15) is 31.7 Å². The number of hydrogen-bond acceptors (Lipinski definition) is 3. The van der Waals surface area contributed by atoms with Crippen molar-refractivity contribution in [1.82, 2.24) is 0 Å². The summed E-state index contributed by atoms with van der Waals surface area (Å²) in [6.45, 7) is 4.14. The Morgan fingerprint density at radius 2 is 1.94 bits per heavy atom. The van der Waals surface area contributed by atoms with Gasteiger partial charge in [0.25, 0.3) is 0 Å². The second kappa shape index (κ2) is 9.85. The van der Waals surface area contributed by atoms with Gasteiger partial charge in [0, 0.05) is 0 Å². The predicted octanol–water partition coefficient (Wildman–Crippen LogP) is 2.67. The number of methoxy groups -OCH3 is 1. The molecule has 0 aliphatic heterocycles. The molecular formula is C14H23NO2. The molecule has 1 aromatic rings. The average molecular weight is 237 g/mol. The molecule has 1 aromatic carbocycles. The van der Waals surface area contributed by atoms with Crippen LogP contribution in [0.4, 0.5) is 0 Å². The highest BCUT2D eigenvalue weighted by Gasteiger charge is 2.11. The first-order valence-electron chi connectivity index (χ1n) is 5.96. The van der Waals surface area contributed by atoms with E-state index in [9.17, 15) is 4.79 Å². The Hall–Kier alpha value is -1.35. The zero-order chi connectivity index (χ0) is 13.1. The Balaban J connectivity index is 0.000000318. The number of esters is 1. The van der Waals surface area contributed by atoms with Crippen molar-refractivity contribution < 1.29 is 9.53 Å². The average Bonchev–Trinajstić information content (AvgIpc) is 2.36. The monoisotopic (exact) mass is 237 g/mol. The summed E-state index contributed by atoms with van der Waals surface area (Å²) in [4.78, 5) is 10.7. The first-order chi connectivity index (χ1) is 8.11. The molecule has 0 fully saturated rings. The molecule has 3 heteroatoms. The Bertz CT molecular complexity index is 298. The maximum absolute atomic E-state index is 10.7. The molecule has 0 saturated carbocycles. The molecule has 3 nitrogen and oxygen atoms in total. The van der Waals surface area contributed by atoms with Gasteiger partial charge in [-0.3, -0.25) is 4.79 Å². The molecule has 0 heterocycles. The highest BCUT2D eigenvalue weighted by molar-refractivity contribution is 5.75. The van der Waals surface area contributed by atoms with E-state index in [2.05, 4.69) is 30.7 Å². The van der Waals surface area contributed by atoms with Gasteiger partial charge in [-0.25, -0.2) is 0 Å². The maximum Gasteiger partial charge on any atom is 0.322 e. The first kappa shape index (κ1) is 15.7. The van der Waals surface area contributed by atoms with Crippen LogP contribution >= 0.6 is 0 Å². The van der Waals surface area contributed by atoms with E-state index >= 15 is 0 Å². The van der Waals surface area contributed by atoms with Gasteiger partial charge in [0.1, 0.15) is 6.04 Å². The molecule has 1 atom stereocenters. The van der Waals surface area contributed by atoms with Crippen molar-refractivity contribution in [2.45, 2.75) is 39.2 Å². The van der Waals surface area contributed by atoms with Crippen molar-refractivity contribution in [3.8, 4) is 0 Å². The van der Waals surface area contributed by atoms with Crippen LogP contribution in [0.3, 0.4) is 0 Å². The van der Waals surface area contributed by atoms with Crippen LogP contribution < -0.4 is 5.73 Å². The molecule has 1 unspecified atom stereocenters. The maximum atomic E-state index is 10.7. The van der Waals surface area contributed by atoms with E-state index < -0.39 is 6.04 Å². The summed E-state index contributed by atoms with van der Waals surface area (Å²) in [6, 6.07) is 9.84. The topological polar surface area (TPSA) is 52.3 Å². The van der Waals surface area contributed by atoms with Crippen molar-refractivity contribution in [3.63, 3.8) is 0 Å². The Morgan fingerprint density at radius 1 is 1.35 bits per heavy atom. The molecule has 0 amide bonds. The van der Waals surface area contributed by atoms with Crippen LogP contribution in [0, 0.1) is 6.92 Å². The van der Waals surface area contributed by atoms with Crippen LogP contribution in [0.15, 0.2) is 30.3 Å². The predicted molar refractivity (Wildman–Crippen MR) is 70.7 cm³/mol. The Labute approximate surface area is 104 Å². The molecule has 0 bridgehead atoms. The second-order valence-electron chi connectivity index (χ2n) is 3.93. The van der Waals surface area contributed by atoms with E-state index in [0.29, 0.717) is 0 Å². The van der Waals surface area contributed by atoms with Gasteiger partial charge in [0.05, 0.1) is 7.11 Å². The molecule has 96 valence electrons. The lowest BCUT2D eigenvalue weighted by Gasteiger charge is -2.06. The van der Waals surface area contributed by atoms with Crippen molar-refractivity contribution in [2.75, 3.05) is 7.11 Å². The molecule has 0 aliphatic carbocycles. The molecule has 0 radical (unpaired) electrons. The lowest BCUT2D eigenvalue weighted by Crippen LogP contribution is -2.31. The van der Waals surface area contributed by atoms with Crippen LogP contribution in [-0.4, -0.2) is 19.1 Å². The van der Waals surface area contributed by atoms with Crippen molar-refractivity contribution >= 4 is 5.97 Å². The van der Waals surface area contributed by atoms with Gasteiger partial charge in [-0.2, -0.15) is 0 Å². The molecule has 0 spiro atoms. The fourth-order valence-electron chi connectivity index (χ4n) is 1.23. The molecule has 0 saturated heterocycles. The van der Waals surface area contributed by atoms with Gasteiger partial charge in [0.2, 0.25) is 0 Å².